The summed E-state index contributed by atoms with van der Waals surface area (Å²) < 4.78 is 6.89. The number of benzene rings is 1. The normalized spacial score (nSPS) is 11.3. The van der Waals surface area contributed by atoms with Gasteiger partial charge in [-0.15, -0.1) is 0 Å². The van der Waals surface area contributed by atoms with Crippen molar-refractivity contribution in [2.45, 2.75) is 0 Å². The number of hydrogen-bond acceptors (Lipinski definition) is 5. The number of aromatic nitrogens is 4. The van der Waals surface area contributed by atoms with E-state index >= 15 is 0 Å². The van der Waals surface area contributed by atoms with E-state index in [2.05, 4.69) is 16.0 Å². The molecule has 7 nitrogen and oxygen atoms in total. The second-order valence-electron chi connectivity index (χ2n) is 7.29. The molecule has 5 aromatic rings. The Kier molecular flexibility index (Phi) is 4.72. The van der Waals surface area contributed by atoms with Crippen molar-refractivity contribution in [1.29, 1.82) is 0 Å². The third-order valence-corrected chi connectivity index (χ3v) is 5.27. The second-order valence-corrected chi connectivity index (χ2v) is 7.29. The van der Waals surface area contributed by atoms with Gasteiger partial charge in [-0.1, -0.05) is 12.1 Å². The van der Waals surface area contributed by atoms with Crippen LogP contribution in [-0.4, -0.2) is 37.8 Å². The Morgan fingerprint density at radius 1 is 1.10 bits per heavy atom. The smallest absolute Gasteiger partial charge is 0.274 e. The van der Waals surface area contributed by atoms with Crippen LogP contribution in [0.1, 0.15) is 0 Å². The highest BCUT2D eigenvalue weighted by Gasteiger charge is 2.12. The van der Waals surface area contributed by atoms with Crippen molar-refractivity contribution >= 4 is 21.8 Å². The van der Waals surface area contributed by atoms with Crippen molar-refractivity contribution < 1.29 is 9.84 Å². The highest BCUT2D eigenvalue weighted by molar-refractivity contribution is 5.95. The van der Waals surface area contributed by atoms with Crippen LogP contribution >= 0.6 is 0 Å². The van der Waals surface area contributed by atoms with Gasteiger partial charge in [-0.25, -0.2) is 9.97 Å². The number of aliphatic hydroxyl groups excluding tert-OH is 1. The molecule has 0 aliphatic rings. The van der Waals surface area contributed by atoms with E-state index in [1.54, 1.807) is 30.1 Å². The summed E-state index contributed by atoms with van der Waals surface area (Å²) in [5.41, 5.74) is 5.11. The van der Waals surface area contributed by atoms with E-state index in [0.717, 1.165) is 38.7 Å². The molecule has 0 aliphatic carbocycles. The molecule has 7 heteroatoms. The quantitative estimate of drug-likeness (QED) is 0.461. The van der Waals surface area contributed by atoms with E-state index in [9.17, 15) is 4.79 Å². The summed E-state index contributed by atoms with van der Waals surface area (Å²) in [6.07, 6.45) is 5.35. The molecule has 4 aromatic heterocycles. The average Bonchev–Trinajstić information content (AvgIpc) is 3.30. The summed E-state index contributed by atoms with van der Waals surface area (Å²) in [6, 6.07) is 15.7. The molecular formula is C24H20N4O3. The Morgan fingerprint density at radius 3 is 2.77 bits per heavy atom. The fourth-order valence-electron chi connectivity index (χ4n) is 3.71. The number of aliphatic hydroxyl groups is 1. The van der Waals surface area contributed by atoms with Crippen molar-refractivity contribution in [1.82, 2.24) is 19.5 Å². The number of nitrogens with one attached hydrogen (secondary N) is 1. The first kappa shape index (κ1) is 19.0. The van der Waals surface area contributed by atoms with E-state index in [1.165, 1.54) is 0 Å². The molecule has 0 saturated carbocycles. The number of H-pyrrole nitrogens is 1. The van der Waals surface area contributed by atoms with Crippen molar-refractivity contribution in [3.05, 3.63) is 77.5 Å². The minimum atomic E-state index is -0.0597. The van der Waals surface area contributed by atoms with Crippen LogP contribution in [0.4, 0.5) is 0 Å². The van der Waals surface area contributed by atoms with Gasteiger partial charge in [-0.3, -0.25) is 4.79 Å². The van der Waals surface area contributed by atoms with Crippen LogP contribution in [0.3, 0.4) is 0 Å². The minimum Gasteiger partial charge on any atom is -0.475 e. The molecule has 0 fully saturated rings. The Balaban J connectivity index is 1.52. The lowest BCUT2D eigenvalue weighted by molar-refractivity contribution is 0.196. The molecule has 0 spiro atoms. The monoisotopic (exact) mass is 412 g/mol. The molecule has 1 aromatic carbocycles. The second kappa shape index (κ2) is 7.70. The van der Waals surface area contributed by atoms with Gasteiger partial charge in [0.25, 0.3) is 5.56 Å². The Bertz CT molecular complexity index is 1450. The molecule has 0 bridgehead atoms. The number of ether oxygens (including phenoxy) is 1. The van der Waals surface area contributed by atoms with Gasteiger partial charge >= 0.3 is 0 Å². The predicted octanol–water partition coefficient (Wildman–Crippen LogP) is 3.51. The molecule has 0 atom stereocenters. The van der Waals surface area contributed by atoms with Gasteiger partial charge in [0.05, 0.1) is 17.8 Å². The Morgan fingerprint density at radius 2 is 1.97 bits per heavy atom. The highest BCUT2D eigenvalue weighted by Crippen LogP contribution is 2.29. The fourth-order valence-corrected chi connectivity index (χ4v) is 3.71. The molecule has 0 unspecified atom stereocenters. The summed E-state index contributed by atoms with van der Waals surface area (Å²) >= 11 is 0. The van der Waals surface area contributed by atoms with Crippen LogP contribution in [0.25, 0.3) is 44.2 Å². The topological polar surface area (TPSA) is 93.0 Å². The molecule has 31 heavy (non-hydrogen) atoms. The maximum atomic E-state index is 12.3. The largest absolute Gasteiger partial charge is 0.475 e. The summed E-state index contributed by atoms with van der Waals surface area (Å²) in [7, 11) is 1.74. The highest BCUT2D eigenvalue weighted by atomic mass is 16.5. The van der Waals surface area contributed by atoms with E-state index in [-0.39, 0.29) is 18.8 Å². The number of rotatable bonds is 5. The van der Waals surface area contributed by atoms with E-state index in [4.69, 9.17) is 14.8 Å². The van der Waals surface area contributed by atoms with Crippen LogP contribution < -0.4 is 10.3 Å². The van der Waals surface area contributed by atoms with Gasteiger partial charge in [0.15, 0.2) is 0 Å². The number of aromatic amines is 1. The van der Waals surface area contributed by atoms with Gasteiger partial charge in [0.2, 0.25) is 5.88 Å². The SMILES string of the molecule is Cn1cc(-c2ccc3cc(-c4ccc(OCCO)nc4)ccc3n2)c2cc[nH]c2c1=O. The number of hydrogen-bond donors (Lipinski definition) is 2. The maximum absolute atomic E-state index is 12.3. The molecule has 5 rings (SSSR count). The maximum Gasteiger partial charge on any atom is 0.274 e. The van der Waals surface area contributed by atoms with Gasteiger partial charge < -0.3 is 19.4 Å². The van der Waals surface area contributed by atoms with Crippen LogP contribution in [0, 0.1) is 0 Å². The van der Waals surface area contributed by atoms with Crippen LogP contribution in [-0.2, 0) is 7.05 Å². The molecule has 2 N–H and O–H groups in total. The van der Waals surface area contributed by atoms with E-state index in [1.807, 2.05) is 42.6 Å². The molecule has 0 saturated heterocycles. The van der Waals surface area contributed by atoms with Crippen molar-refractivity contribution in [2.75, 3.05) is 13.2 Å². The number of nitrogens with zero attached hydrogens (tertiary/aromatic N) is 3. The van der Waals surface area contributed by atoms with Crippen LogP contribution in [0.5, 0.6) is 5.88 Å². The van der Waals surface area contributed by atoms with Crippen LogP contribution in [0.2, 0.25) is 0 Å². The van der Waals surface area contributed by atoms with E-state index < -0.39 is 0 Å². The molecule has 0 amide bonds. The van der Waals surface area contributed by atoms with Gasteiger partial charge in [-0.05, 0) is 35.9 Å². The molecule has 154 valence electrons. The lowest BCUT2D eigenvalue weighted by Gasteiger charge is -2.09. The minimum absolute atomic E-state index is 0.0437. The lowest BCUT2D eigenvalue weighted by atomic mass is 10.0. The summed E-state index contributed by atoms with van der Waals surface area (Å²) in [6.45, 7) is 0.180. The third kappa shape index (κ3) is 3.45. The number of pyridine rings is 3. The predicted molar refractivity (Wildman–Crippen MR) is 120 cm³/mol. The number of aryl methyl sites for hydroxylation is 1. The first-order valence-corrected chi connectivity index (χ1v) is 9.92. The van der Waals surface area contributed by atoms with Gasteiger partial charge in [0.1, 0.15) is 12.1 Å². The first-order valence-electron chi connectivity index (χ1n) is 9.92. The molecule has 4 heterocycles. The zero-order valence-corrected chi connectivity index (χ0v) is 16.9. The summed E-state index contributed by atoms with van der Waals surface area (Å²) in [5, 5.41) is 10.7. The van der Waals surface area contributed by atoms with Crippen LogP contribution in [0.15, 0.2) is 71.9 Å². The fraction of sp³-hybridized carbons (Fsp3) is 0.125. The summed E-state index contributed by atoms with van der Waals surface area (Å²) in [5.74, 6) is 0.484. The van der Waals surface area contributed by atoms with Gasteiger partial charge in [0, 0.05) is 53.6 Å². The third-order valence-electron chi connectivity index (χ3n) is 5.27. The zero-order chi connectivity index (χ0) is 21.4. The first-order chi connectivity index (χ1) is 15.1. The van der Waals surface area contributed by atoms with Crippen molar-refractivity contribution in [3.63, 3.8) is 0 Å². The van der Waals surface area contributed by atoms with Crippen molar-refractivity contribution in [2.24, 2.45) is 7.05 Å². The molecule has 0 aliphatic heterocycles. The zero-order valence-electron chi connectivity index (χ0n) is 16.9. The van der Waals surface area contributed by atoms with Gasteiger partial charge in [-0.2, -0.15) is 0 Å². The molecular weight excluding hydrogens is 392 g/mol. The molecule has 0 radical (unpaired) electrons. The van der Waals surface area contributed by atoms with E-state index in [0.29, 0.717) is 11.4 Å². The lowest BCUT2D eigenvalue weighted by Crippen LogP contribution is -2.16. The summed E-state index contributed by atoms with van der Waals surface area (Å²) in [4.78, 5) is 24.5. The number of fused-ring (bicyclic) bond motifs is 2. The average molecular weight is 412 g/mol. The Labute approximate surface area is 177 Å². The Hall–Kier alpha value is -3.97. The van der Waals surface area contributed by atoms with Crippen molar-refractivity contribution in [3.8, 4) is 28.3 Å². The standard InChI is InChI=1S/C24H20N4O3/c1-28-14-19(18-8-9-25-23(18)24(28)30)21-6-3-16-12-15(2-5-20(16)27-21)17-4-7-22(26-13-17)31-11-10-29/h2-9,12-14,25,29H,10-11H2,1H3.